The molecule has 0 radical (unpaired) electrons. The first-order valence-electron chi connectivity index (χ1n) is 12.4. The van der Waals surface area contributed by atoms with Crippen molar-refractivity contribution in [2.45, 2.75) is 43.6 Å². The first kappa shape index (κ1) is 21.5. The van der Waals surface area contributed by atoms with E-state index >= 15 is 0 Å². The normalized spacial score (nSPS) is 20.7. The van der Waals surface area contributed by atoms with E-state index in [4.69, 9.17) is 0 Å². The quantitative estimate of drug-likeness (QED) is 0.562. The number of hydrogen-bond acceptors (Lipinski definition) is 5. The molecule has 0 saturated carbocycles. The van der Waals surface area contributed by atoms with Gasteiger partial charge in [0.2, 0.25) is 0 Å². The molecule has 1 amide bonds. The molecular formula is C27H31N5O2. The van der Waals surface area contributed by atoms with E-state index in [1.807, 2.05) is 24.4 Å². The largest absolute Gasteiger partial charge is 0.349 e. The van der Waals surface area contributed by atoms with Gasteiger partial charge in [0.25, 0.3) is 5.91 Å². The van der Waals surface area contributed by atoms with Crippen LogP contribution in [0.5, 0.6) is 0 Å². The number of aromatic amines is 1. The van der Waals surface area contributed by atoms with E-state index in [2.05, 4.69) is 38.6 Å². The highest BCUT2D eigenvalue weighted by atomic mass is 16.1. The monoisotopic (exact) mass is 457 g/mol. The number of nitrogens with zero attached hydrogens (tertiary/aromatic N) is 2. The lowest BCUT2D eigenvalue weighted by Crippen LogP contribution is -2.43. The number of amides is 1. The molecule has 2 fully saturated rings. The minimum atomic E-state index is -0.0655. The number of benzene rings is 1. The standard InChI is InChI=1S/C27H31N5O2/c1-32-10-4-19(5-11-32)31-26(34)18-12-21-22(16-30-25(21)29-15-18)17-2-3-20-23(13-17)27(14-24(20)33)6-8-28-9-7-27/h2-3,12-13,15-16,19,28H,4-11,14H2,1H3,(H,29,30)(H,31,34). The predicted octanol–water partition coefficient (Wildman–Crippen LogP) is 3.26. The molecule has 3 N–H and O–H groups in total. The van der Waals surface area contributed by atoms with Crippen LogP contribution in [-0.2, 0) is 5.41 Å². The lowest BCUT2D eigenvalue weighted by atomic mass is 9.74. The first-order chi connectivity index (χ1) is 16.5. The number of fused-ring (bicyclic) bond motifs is 3. The van der Waals surface area contributed by atoms with Crippen LogP contribution in [0.1, 0.15) is 58.4 Å². The van der Waals surface area contributed by atoms with Gasteiger partial charge < -0.3 is 20.5 Å². The Morgan fingerprint density at radius 3 is 2.74 bits per heavy atom. The summed E-state index contributed by atoms with van der Waals surface area (Å²) in [5.74, 6) is 0.196. The second-order valence-electron chi connectivity index (χ2n) is 10.3. The molecule has 7 nitrogen and oxygen atoms in total. The highest BCUT2D eigenvalue weighted by Crippen LogP contribution is 2.46. The summed E-state index contributed by atoms with van der Waals surface area (Å²) in [5, 5.41) is 7.55. The third-order valence-electron chi connectivity index (χ3n) is 8.11. The van der Waals surface area contributed by atoms with Gasteiger partial charge in [-0.15, -0.1) is 0 Å². The number of H-pyrrole nitrogens is 1. The van der Waals surface area contributed by atoms with Crippen LogP contribution >= 0.6 is 0 Å². The number of likely N-dealkylation sites (tertiary alicyclic amines) is 1. The van der Waals surface area contributed by atoms with Crippen molar-refractivity contribution < 1.29 is 9.59 Å². The second kappa shape index (κ2) is 8.32. The van der Waals surface area contributed by atoms with Crippen molar-refractivity contribution in [2.75, 3.05) is 33.2 Å². The molecule has 4 heterocycles. The molecule has 0 bridgehead atoms. The van der Waals surface area contributed by atoms with Gasteiger partial charge in [0, 0.05) is 46.8 Å². The molecule has 1 aliphatic carbocycles. The summed E-state index contributed by atoms with van der Waals surface area (Å²) in [6, 6.07) is 8.38. The van der Waals surface area contributed by atoms with Crippen molar-refractivity contribution in [3.05, 3.63) is 53.3 Å². The fraction of sp³-hybridized carbons (Fsp3) is 0.444. The SMILES string of the molecule is CN1CCC(NC(=O)c2cnc3[nH]cc(-c4ccc5c(c4)C4(CCNCC4)CC5=O)c3c2)CC1. The number of piperidine rings is 2. The molecule has 3 aliphatic rings. The highest BCUT2D eigenvalue weighted by Gasteiger charge is 2.43. The van der Waals surface area contributed by atoms with E-state index < -0.39 is 0 Å². The van der Waals surface area contributed by atoms with Crippen LogP contribution in [0.25, 0.3) is 22.2 Å². The maximum Gasteiger partial charge on any atom is 0.253 e. The summed E-state index contributed by atoms with van der Waals surface area (Å²) in [6.07, 6.45) is 8.15. The Balaban J connectivity index is 1.32. The number of aromatic nitrogens is 2. The van der Waals surface area contributed by atoms with Gasteiger partial charge in [-0.3, -0.25) is 9.59 Å². The molecule has 2 aromatic heterocycles. The van der Waals surface area contributed by atoms with E-state index in [0.29, 0.717) is 12.0 Å². The molecule has 0 atom stereocenters. The smallest absolute Gasteiger partial charge is 0.253 e. The van der Waals surface area contributed by atoms with Crippen molar-refractivity contribution in [3.8, 4) is 11.1 Å². The summed E-state index contributed by atoms with van der Waals surface area (Å²) < 4.78 is 0. The van der Waals surface area contributed by atoms with Crippen LogP contribution in [0.3, 0.4) is 0 Å². The second-order valence-corrected chi connectivity index (χ2v) is 10.3. The average molecular weight is 458 g/mol. The Bertz CT molecular complexity index is 1270. The molecule has 7 heteroatoms. The lowest BCUT2D eigenvalue weighted by molar-refractivity contribution is 0.0915. The summed E-state index contributed by atoms with van der Waals surface area (Å²) in [7, 11) is 2.12. The number of pyridine rings is 1. The summed E-state index contributed by atoms with van der Waals surface area (Å²) >= 11 is 0. The Morgan fingerprint density at radius 2 is 1.94 bits per heavy atom. The zero-order valence-electron chi connectivity index (χ0n) is 19.6. The van der Waals surface area contributed by atoms with Crippen LogP contribution in [0.2, 0.25) is 0 Å². The zero-order chi connectivity index (χ0) is 23.3. The number of nitrogens with one attached hydrogen (secondary N) is 3. The Hall–Kier alpha value is -3.03. The molecule has 176 valence electrons. The van der Waals surface area contributed by atoms with Crippen molar-refractivity contribution in [3.63, 3.8) is 0 Å². The predicted molar refractivity (Wildman–Crippen MR) is 132 cm³/mol. The van der Waals surface area contributed by atoms with E-state index in [0.717, 1.165) is 79.6 Å². The van der Waals surface area contributed by atoms with E-state index in [9.17, 15) is 9.59 Å². The summed E-state index contributed by atoms with van der Waals surface area (Å²) in [4.78, 5) is 35.8. The van der Waals surface area contributed by atoms with Crippen molar-refractivity contribution >= 4 is 22.7 Å². The van der Waals surface area contributed by atoms with Crippen molar-refractivity contribution in [1.29, 1.82) is 0 Å². The molecule has 1 aromatic carbocycles. The number of carbonyl (C=O) groups excluding carboxylic acids is 2. The molecular weight excluding hydrogens is 426 g/mol. The van der Waals surface area contributed by atoms with E-state index in [1.165, 1.54) is 5.56 Å². The number of carbonyl (C=O) groups is 2. The first-order valence-corrected chi connectivity index (χ1v) is 12.4. The minimum absolute atomic E-state index is 0.0445. The minimum Gasteiger partial charge on any atom is -0.349 e. The molecule has 3 aromatic rings. The Kier molecular flexibility index (Phi) is 5.26. The van der Waals surface area contributed by atoms with Crippen LogP contribution in [0, 0.1) is 0 Å². The number of ketones is 1. The van der Waals surface area contributed by atoms with Crippen LogP contribution in [0.4, 0.5) is 0 Å². The Morgan fingerprint density at radius 1 is 1.15 bits per heavy atom. The van der Waals surface area contributed by atoms with Gasteiger partial charge in [0.05, 0.1) is 5.56 Å². The fourth-order valence-electron chi connectivity index (χ4n) is 6.03. The maximum atomic E-state index is 13.0. The molecule has 34 heavy (non-hydrogen) atoms. The fourth-order valence-corrected chi connectivity index (χ4v) is 6.03. The maximum absolute atomic E-state index is 13.0. The number of Topliss-reactive ketones (excluding diaryl/α,β-unsaturated/α-hetero) is 1. The molecule has 2 saturated heterocycles. The zero-order valence-corrected chi connectivity index (χ0v) is 19.6. The van der Waals surface area contributed by atoms with Crippen molar-refractivity contribution in [1.82, 2.24) is 25.5 Å². The van der Waals surface area contributed by atoms with Gasteiger partial charge in [-0.2, -0.15) is 0 Å². The third-order valence-corrected chi connectivity index (χ3v) is 8.11. The van der Waals surface area contributed by atoms with Gasteiger partial charge >= 0.3 is 0 Å². The van der Waals surface area contributed by atoms with Gasteiger partial charge in [-0.25, -0.2) is 4.98 Å². The van der Waals surface area contributed by atoms with Gasteiger partial charge in [0.15, 0.2) is 5.78 Å². The molecule has 6 rings (SSSR count). The van der Waals surface area contributed by atoms with Crippen LogP contribution in [-0.4, -0.2) is 65.8 Å². The van der Waals surface area contributed by atoms with E-state index in [1.54, 1.807) is 6.20 Å². The molecule has 2 aliphatic heterocycles. The third kappa shape index (κ3) is 3.63. The molecule has 1 spiro atoms. The number of hydrogen-bond donors (Lipinski definition) is 3. The van der Waals surface area contributed by atoms with Gasteiger partial charge in [-0.05, 0) is 82.2 Å². The average Bonchev–Trinajstić information content (AvgIpc) is 3.39. The van der Waals surface area contributed by atoms with E-state index in [-0.39, 0.29) is 23.1 Å². The summed E-state index contributed by atoms with van der Waals surface area (Å²) in [6.45, 7) is 3.90. The summed E-state index contributed by atoms with van der Waals surface area (Å²) in [5.41, 5.74) is 5.45. The molecule has 0 unspecified atom stereocenters. The van der Waals surface area contributed by atoms with Crippen LogP contribution in [0.15, 0.2) is 36.7 Å². The topological polar surface area (TPSA) is 90.1 Å². The van der Waals surface area contributed by atoms with Gasteiger partial charge in [0.1, 0.15) is 5.65 Å². The number of rotatable bonds is 3. The van der Waals surface area contributed by atoms with Crippen molar-refractivity contribution in [2.24, 2.45) is 0 Å². The highest BCUT2D eigenvalue weighted by molar-refractivity contribution is 6.04. The lowest BCUT2D eigenvalue weighted by Gasteiger charge is -2.34. The van der Waals surface area contributed by atoms with Gasteiger partial charge in [-0.1, -0.05) is 12.1 Å². The Labute approximate surface area is 199 Å². The van der Waals surface area contributed by atoms with Crippen LogP contribution < -0.4 is 10.6 Å².